The minimum absolute atomic E-state index is 0.148. The Kier molecular flexibility index (Phi) is 6.21. The number of aromatic nitrogens is 2. The maximum absolute atomic E-state index is 9.30. The van der Waals surface area contributed by atoms with Gasteiger partial charge in [-0.05, 0) is 19.6 Å². The molecule has 0 aliphatic rings. The Labute approximate surface area is 113 Å². The smallest absolute Gasteiger partial charge is 0.134 e. The summed E-state index contributed by atoms with van der Waals surface area (Å²) in [7, 11) is 1.85. The van der Waals surface area contributed by atoms with Crippen LogP contribution in [0.4, 0.5) is 11.6 Å². The van der Waals surface area contributed by atoms with Crippen molar-refractivity contribution in [1.82, 2.24) is 9.97 Å². The Balaban J connectivity index is 2.89. The number of hydrogen-bond acceptors (Lipinski definition) is 6. The van der Waals surface area contributed by atoms with Gasteiger partial charge in [-0.3, -0.25) is 0 Å². The van der Waals surface area contributed by atoms with Crippen LogP contribution in [-0.2, 0) is 6.42 Å². The molecular formula is C12H22N4OS. The van der Waals surface area contributed by atoms with E-state index in [0.717, 1.165) is 23.6 Å². The van der Waals surface area contributed by atoms with E-state index >= 15 is 0 Å². The molecule has 1 heterocycles. The zero-order valence-corrected chi connectivity index (χ0v) is 12.2. The Morgan fingerprint density at radius 1 is 1.39 bits per heavy atom. The number of nitrogens with one attached hydrogen (secondary N) is 2. The van der Waals surface area contributed by atoms with Crippen LogP contribution in [-0.4, -0.2) is 46.3 Å². The van der Waals surface area contributed by atoms with E-state index in [1.54, 1.807) is 18.1 Å². The van der Waals surface area contributed by atoms with Crippen molar-refractivity contribution in [3.05, 3.63) is 11.9 Å². The highest BCUT2D eigenvalue weighted by atomic mass is 32.2. The summed E-state index contributed by atoms with van der Waals surface area (Å²) in [6, 6.07) is 0.148. The van der Waals surface area contributed by atoms with Gasteiger partial charge in [0.1, 0.15) is 18.0 Å². The van der Waals surface area contributed by atoms with E-state index in [9.17, 15) is 5.11 Å². The molecule has 2 unspecified atom stereocenters. The number of thioether (sulfide) groups is 1. The minimum Gasteiger partial charge on any atom is -0.395 e. The molecule has 0 spiro atoms. The fourth-order valence-electron chi connectivity index (χ4n) is 1.83. The summed E-state index contributed by atoms with van der Waals surface area (Å²) in [4.78, 5) is 8.50. The van der Waals surface area contributed by atoms with Gasteiger partial charge in [-0.2, -0.15) is 11.8 Å². The molecule has 0 saturated heterocycles. The maximum Gasteiger partial charge on any atom is 0.134 e. The summed E-state index contributed by atoms with van der Waals surface area (Å²) >= 11 is 1.65. The molecular weight excluding hydrogens is 248 g/mol. The van der Waals surface area contributed by atoms with Gasteiger partial charge < -0.3 is 15.7 Å². The number of aliphatic hydroxyl groups excluding tert-OH is 1. The fourth-order valence-corrected chi connectivity index (χ4v) is 2.46. The predicted molar refractivity (Wildman–Crippen MR) is 78.4 cm³/mol. The maximum atomic E-state index is 9.30. The third-order valence-corrected chi connectivity index (χ3v) is 4.10. The zero-order chi connectivity index (χ0) is 13.5. The molecule has 5 nitrogen and oxygen atoms in total. The lowest BCUT2D eigenvalue weighted by molar-refractivity contribution is 0.288. The third kappa shape index (κ3) is 3.49. The molecule has 0 saturated carbocycles. The summed E-state index contributed by atoms with van der Waals surface area (Å²) < 4.78 is 0. The molecule has 18 heavy (non-hydrogen) atoms. The Hall–Kier alpha value is -1.01. The Morgan fingerprint density at radius 2 is 2.06 bits per heavy atom. The minimum atomic E-state index is 0.148. The number of anilines is 2. The van der Waals surface area contributed by atoms with Gasteiger partial charge in [0.2, 0.25) is 0 Å². The molecule has 0 aromatic carbocycles. The van der Waals surface area contributed by atoms with Crippen molar-refractivity contribution < 1.29 is 5.11 Å². The highest BCUT2D eigenvalue weighted by Crippen LogP contribution is 2.22. The monoisotopic (exact) mass is 270 g/mol. The van der Waals surface area contributed by atoms with E-state index in [2.05, 4.69) is 34.4 Å². The summed E-state index contributed by atoms with van der Waals surface area (Å²) in [6.07, 6.45) is 4.40. The first-order chi connectivity index (χ1) is 8.67. The highest BCUT2D eigenvalue weighted by Gasteiger charge is 2.17. The average Bonchev–Trinajstić information content (AvgIpc) is 2.39. The summed E-state index contributed by atoms with van der Waals surface area (Å²) in [5.74, 6) is 1.70. The van der Waals surface area contributed by atoms with Crippen LogP contribution >= 0.6 is 11.8 Å². The fraction of sp³-hybridized carbons (Fsp3) is 0.667. The van der Waals surface area contributed by atoms with E-state index in [0.29, 0.717) is 0 Å². The third-order valence-electron chi connectivity index (χ3n) is 2.94. The van der Waals surface area contributed by atoms with Crippen LogP contribution in [0.25, 0.3) is 0 Å². The molecule has 0 amide bonds. The number of nitrogens with zero attached hydrogens (tertiary/aromatic N) is 2. The number of aliphatic hydroxyl groups is 1. The van der Waals surface area contributed by atoms with Crippen LogP contribution in [0.2, 0.25) is 0 Å². The molecule has 0 fully saturated rings. The van der Waals surface area contributed by atoms with E-state index < -0.39 is 0 Å². The van der Waals surface area contributed by atoms with Gasteiger partial charge in [0.15, 0.2) is 0 Å². The molecule has 6 heteroatoms. The molecule has 102 valence electrons. The molecule has 0 aliphatic carbocycles. The van der Waals surface area contributed by atoms with Gasteiger partial charge >= 0.3 is 0 Å². The molecule has 1 rings (SSSR count). The van der Waals surface area contributed by atoms with Gasteiger partial charge in [-0.15, -0.1) is 0 Å². The second-order valence-electron chi connectivity index (χ2n) is 4.04. The van der Waals surface area contributed by atoms with Crippen LogP contribution < -0.4 is 10.6 Å². The quantitative estimate of drug-likeness (QED) is 0.699. The van der Waals surface area contributed by atoms with Crippen molar-refractivity contribution in [1.29, 1.82) is 0 Å². The topological polar surface area (TPSA) is 70.1 Å². The van der Waals surface area contributed by atoms with Crippen molar-refractivity contribution in [2.24, 2.45) is 0 Å². The van der Waals surface area contributed by atoms with E-state index in [1.807, 2.05) is 13.3 Å². The first kappa shape index (κ1) is 15.0. The highest BCUT2D eigenvalue weighted by molar-refractivity contribution is 7.99. The van der Waals surface area contributed by atoms with E-state index in [4.69, 9.17) is 0 Å². The van der Waals surface area contributed by atoms with Crippen molar-refractivity contribution in [2.45, 2.75) is 31.6 Å². The van der Waals surface area contributed by atoms with Crippen molar-refractivity contribution >= 4 is 23.4 Å². The lowest BCUT2D eigenvalue weighted by atomic mass is 10.2. The lowest BCUT2D eigenvalue weighted by Gasteiger charge is -2.23. The molecule has 1 aromatic rings. The second kappa shape index (κ2) is 7.43. The first-order valence-electron chi connectivity index (χ1n) is 6.09. The van der Waals surface area contributed by atoms with Gasteiger partial charge in [0.05, 0.1) is 6.61 Å². The van der Waals surface area contributed by atoms with Gasteiger partial charge in [0.25, 0.3) is 0 Å². The number of rotatable bonds is 7. The molecule has 2 atom stereocenters. The number of hydrogen-bond donors (Lipinski definition) is 3. The lowest BCUT2D eigenvalue weighted by Crippen LogP contribution is -2.31. The summed E-state index contributed by atoms with van der Waals surface area (Å²) in [5.41, 5.74) is 1.07. The standard InChI is InChI=1S/C12H22N4OS/c1-5-9-11(13-3)14-7-15-12(9)16-8(2)10(6-17)18-4/h7-8,10,17H,5-6H2,1-4H3,(H2,13,14,15,16). The zero-order valence-electron chi connectivity index (χ0n) is 11.4. The van der Waals surface area contributed by atoms with Crippen molar-refractivity contribution in [2.75, 3.05) is 30.5 Å². The van der Waals surface area contributed by atoms with Crippen molar-refractivity contribution in [3.63, 3.8) is 0 Å². The van der Waals surface area contributed by atoms with Gasteiger partial charge in [0, 0.05) is 23.9 Å². The van der Waals surface area contributed by atoms with Crippen LogP contribution in [0, 0.1) is 0 Å². The van der Waals surface area contributed by atoms with Gasteiger partial charge in [-0.1, -0.05) is 6.92 Å². The van der Waals surface area contributed by atoms with Crippen LogP contribution in [0.3, 0.4) is 0 Å². The van der Waals surface area contributed by atoms with Crippen LogP contribution in [0.1, 0.15) is 19.4 Å². The van der Waals surface area contributed by atoms with Crippen molar-refractivity contribution in [3.8, 4) is 0 Å². The van der Waals surface area contributed by atoms with E-state index in [1.165, 1.54) is 0 Å². The van der Waals surface area contributed by atoms with Crippen LogP contribution in [0.5, 0.6) is 0 Å². The second-order valence-corrected chi connectivity index (χ2v) is 5.12. The van der Waals surface area contributed by atoms with Crippen LogP contribution in [0.15, 0.2) is 6.33 Å². The predicted octanol–water partition coefficient (Wildman–Crippen LogP) is 1.60. The van der Waals surface area contributed by atoms with Gasteiger partial charge in [-0.25, -0.2) is 9.97 Å². The molecule has 0 aliphatic heterocycles. The first-order valence-corrected chi connectivity index (χ1v) is 7.38. The Bertz CT molecular complexity index is 371. The molecule has 1 aromatic heterocycles. The summed E-state index contributed by atoms with van der Waals surface area (Å²) in [6.45, 7) is 4.28. The Morgan fingerprint density at radius 3 is 2.56 bits per heavy atom. The molecule has 0 radical (unpaired) electrons. The molecule has 0 bridgehead atoms. The molecule has 3 N–H and O–H groups in total. The SMILES string of the molecule is CCc1c(NC)ncnc1NC(C)C(CO)SC. The average molecular weight is 270 g/mol. The summed E-state index contributed by atoms with van der Waals surface area (Å²) in [5, 5.41) is 15.9. The largest absolute Gasteiger partial charge is 0.395 e. The van der Waals surface area contributed by atoms with E-state index in [-0.39, 0.29) is 17.9 Å². The normalized spacial score (nSPS) is 14.1.